The van der Waals surface area contributed by atoms with Crippen LogP contribution in [-0.2, 0) is 0 Å². The third-order valence-corrected chi connectivity index (χ3v) is 4.17. The lowest BCUT2D eigenvalue weighted by atomic mass is 10.1. The Labute approximate surface area is 121 Å². The summed E-state index contributed by atoms with van der Waals surface area (Å²) < 4.78 is 0.554. The maximum absolute atomic E-state index is 12.1. The SMILES string of the molecule is O=C(NC1CCCCCC1O)c1ccc(Br)c(O)c1. The van der Waals surface area contributed by atoms with Gasteiger partial charge in [0.05, 0.1) is 16.6 Å². The molecule has 5 heteroatoms. The zero-order chi connectivity index (χ0) is 13.8. The minimum atomic E-state index is -0.476. The van der Waals surface area contributed by atoms with Gasteiger partial charge in [-0.3, -0.25) is 4.79 Å². The molecule has 1 aliphatic rings. The molecule has 1 aromatic rings. The summed E-state index contributed by atoms with van der Waals surface area (Å²) in [5, 5.41) is 22.4. The molecule has 0 saturated heterocycles. The van der Waals surface area contributed by atoms with Crippen molar-refractivity contribution in [3.8, 4) is 5.75 Å². The number of amides is 1. The van der Waals surface area contributed by atoms with E-state index in [0.29, 0.717) is 10.0 Å². The monoisotopic (exact) mass is 327 g/mol. The Kier molecular flexibility index (Phi) is 4.82. The summed E-state index contributed by atoms with van der Waals surface area (Å²) in [6.07, 6.45) is 4.18. The summed E-state index contributed by atoms with van der Waals surface area (Å²) in [6, 6.07) is 4.50. The number of hydrogen-bond acceptors (Lipinski definition) is 3. The number of halogens is 1. The van der Waals surface area contributed by atoms with Crippen LogP contribution in [0, 0.1) is 0 Å². The number of carbonyl (C=O) groups is 1. The van der Waals surface area contributed by atoms with Gasteiger partial charge in [-0.1, -0.05) is 19.3 Å². The van der Waals surface area contributed by atoms with Crippen LogP contribution in [0.5, 0.6) is 5.75 Å². The maximum atomic E-state index is 12.1. The Morgan fingerprint density at radius 2 is 2.00 bits per heavy atom. The fourth-order valence-corrected chi connectivity index (χ4v) is 2.61. The minimum Gasteiger partial charge on any atom is -0.507 e. The van der Waals surface area contributed by atoms with E-state index in [9.17, 15) is 15.0 Å². The first-order chi connectivity index (χ1) is 9.08. The molecule has 0 aliphatic heterocycles. The predicted molar refractivity (Wildman–Crippen MR) is 76.2 cm³/mol. The zero-order valence-electron chi connectivity index (χ0n) is 10.6. The van der Waals surface area contributed by atoms with Gasteiger partial charge in [0.25, 0.3) is 5.91 Å². The number of phenolic OH excluding ortho intramolecular Hbond substituents is 1. The zero-order valence-corrected chi connectivity index (χ0v) is 12.2. The fourth-order valence-electron chi connectivity index (χ4n) is 2.36. The molecule has 0 spiro atoms. The lowest BCUT2D eigenvalue weighted by Crippen LogP contribution is -2.42. The topological polar surface area (TPSA) is 69.6 Å². The molecule has 1 aromatic carbocycles. The quantitative estimate of drug-likeness (QED) is 0.731. The largest absolute Gasteiger partial charge is 0.507 e. The van der Waals surface area contributed by atoms with Gasteiger partial charge < -0.3 is 15.5 Å². The van der Waals surface area contributed by atoms with Crippen LogP contribution < -0.4 is 5.32 Å². The smallest absolute Gasteiger partial charge is 0.251 e. The Morgan fingerprint density at radius 3 is 2.74 bits per heavy atom. The molecule has 1 fully saturated rings. The number of carbonyl (C=O) groups excluding carboxylic acids is 1. The van der Waals surface area contributed by atoms with Crippen molar-refractivity contribution in [1.29, 1.82) is 0 Å². The molecule has 19 heavy (non-hydrogen) atoms. The van der Waals surface area contributed by atoms with E-state index < -0.39 is 6.10 Å². The van der Waals surface area contributed by atoms with Crippen LogP contribution in [0.25, 0.3) is 0 Å². The molecule has 2 atom stereocenters. The normalized spacial score (nSPS) is 23.7. The van der Waals surface area contributed by atoms with Gasteiger partial charge in [-0.05, 0) is 47.0 Å². The molecule has 0 radical (unpaired) electrons. The van der Waals surface area contributed by atoms with E-state index in [-0.39, 0.29) is 17.7 Å². The van der Waals surface area contributed by atoms with Crippen molar-refractivity contribution in [2.45, 2.75) is 44.2 Å². The van der Waals surface area contributed by atoms with Gasteiger partial charge in [0, 0.05) is 5.56 Å². The van der Waals surface area contributed by atoms with Crippen LogP contribution in [-0.4, -0.2) is 28.3 Å². The maximum Gasteiger partial charge on any atom is 0.251 e. The van der Waals surface area contributed by atoms with Gasteiger partial charge in [-0.25, -0.2) is 0 Å². The predicted octanol–water partition coefficient (Wildman–Crippen LogP) is 2.58. The van der Waals surface area contributed by atoms with Gasteiger partial charge in [0.2, 0.25) is 0 Å². The van der Waals surface area contributed by atoms with Crippen LogP contribution >= 0.6 is 15.9 Å². The standard InChI is InChI=1S/C14H18BrNO3/c15-10-7-6-9(8-13(10)18)14(19)16-11-4-2-1-3-5-12(11)17/h6-8,11-12,17-18H,1-5H2,(H,16,19). The van der Waals surface area contributed by atoms with E-state index in [1.165, 1.54) is 6.07 Å². The highest BCUT2D eigenvalue weighted by atomic mass is 79.9. The van der Waals surface area contributed by atoms with Gasteiger partial charge in [-0.2, -0.15) is 0 Å². The first-order valence-corrected chi connectivity index (χ1v) is 7.34. The summed E-state index contributed by atoms with van der Waals surface area (Å²) in [7, 11) is 0. The molecule has 1 amide bonds. The van der Waals surface area contributed by atoms with E-state index in [4.69, 9.17) is 0 Å². The number of aliphatic hydroxyl groups excluding tert-OH is 1. The second kappa shape index (κ2) is 6.39. The first kappa shape index (κ1) is 14.3. The molecule has 104 valence electrons. The number of rotatable bonds is 2. The van der Waals surface area contributed by atoms with Crippen LogP contribution in [0.1, 0.15) is 42.5 Å². The van der Waals surface area contributed by atoms with Gasteiger partial charge in [-0.15, -0.1) is 0 Å². The molecule has 1 saturated carbocycles. The molecule has 4 nitrogen and oxygen atoms in total. The van der Waals surface area contributed by atoms with Gasteiger partial charge in [0.15, 0.2) is 0 Å². The lowest BCUT2D eigenvalue weighted by Gasteiger charge is -2.21. The van der Waals surface area contributed by atoms with Crippen LogP contribution in [0.2, 0.25) is 0 Å². The Morgan fingerprint density at radius 1 is 1.26 bits per heavy atom. The van der Waals surface area contributed by atoms with E-state index >= 15 is 0 Å². The molecule has 0 bridgehead atoms. The van der Waals surface area contributed by atoms with Crippen LogP contribution in [0.15, 0.2) is 22.7 Å². The molecule has 1 aliphatic carbocycles. The number of benzene rings is 1. The molecular weight excluding hydrogens is 310 g/mol. The van der Waals surface area contributed by atoms with E-state index in [2.05, 4.69) is 21.2 Å². The number of hydrogen-bond donors (Lipinski definition) is 3. The summed E-state index contributed by atoms with van der Waals surface area (Å²) in [6.45, 7) is 0. The molecule has 3 N–H and O–H groups in total. The molecule has 2 rings (SSSR count). The third kappa shape index (κ3) is 3.70. The van der Waals surface area contributed by atoms with Crippen molar-refractivity contribution in [2.24, 2.45) is 0 Å². The average Bonchev–Trinajstić information content (AvgIpc) is 2.58. The fraction of sp³-hybridized carbons (Fsp3) is 0.500. The van der Waals surface area contributed by atoms with E-state index in [1.54, 1.807) is 12.1 Å². The van der Waals surface area contributed by atoms with Crippen molar-refractivity contribution >= 4 is 21.8 Å². The van der Waals surface area contributed by atoms with Crippen molar-refractivity contribution in [3.05, 3.63) is 28.2 Å². The number of phenols is 1. The second-order valence-electron chi connectivity index (χ2n) is 4.95. The summed E-state index contributed by atoms with van der Waals surface area (Å²) in [5.41, 5.74) is 0.400. The van der Waals surface area contributed by atoms with Crippen LogP contribution in [0.3, 0.4) is 0 Å². The van der Waals surface area contributed by atoms with Gasteiger partial charge in [0.1, 0.15) is 5.75 Å². The van der Waals surface area contributed by atoms with Crippen molar-refractivity contribution in [1.82, 2.24) is 5.32 Å². The lowest BCUT2D eigenvalue weighted by molar-refractivity contribution is 0.0818. The highest BCUT2D eigenvalue weighted by Gasteiger charge is 2.23. The number of aromatic hydroxyl groups is 1. The summed E-state index contributed by atoms with van der Waals surface area (Å²) >= 11 is 3.18. The van der Waals surface area contributed by atoms with E-state index in [0.717, 1.165) is 32.1 Å². The Balaban J connectivity index is 2.05. The highest BCUT2D eigenvalue weighted by molar-refractivity contribution is 9.10. The molecule has 2 unspecified atom stereocenters. The number of aliphatic hydroxyl groups is 1. The first-order valence-electron chi connectivity index (χ1n) is 6.55. The Hall–Kier alpha value is -1.07. The molecular formula is C14H18BrNO3. The summed E-state index contributed by atoms with van der Waals surface area (Å²) in [4.78, 5) is 12.1. The van der Waals surface area contributed by atoms with Crippen molar-refractivity contribution < 1.29 is 15.0 Å². The van der Waals surface area contributed by atoms with Crippen molar-refractivity contribution in [3.63, 3.8) is 0 Å². The Bertz CT molecular complexity index is 464. The van der Waals surface area contributed by atoms with Crippen molar-refractivity contribution in [2.75, 3.05) is 0 Å². The minimum absolute atomic E-state index is 0.0362. The number of nitrogens with one attached hydrogen (secondary N) is 1. The second-order valence-corrected chi connectivity index (χ2v) is 5.81. The average molecular weight is 328 g/mol. The third-order valence-electron chi connectivity index (χ3n) is 3.50. The van der Waals surface area contributed by atoms with Crippen LogP contribution in [0.4, 0.5) is 0 Å². The van der Waals surface area contributed by atoms with Gasteiger partial charge >= 0.3 is 0 Å². The molecule has 0 aromatic heterocycles. The molecule has 0 heterocycles. The van der Waals surface area contributed by atoms with E-state index in [1.807, 2.05) is 0 Å². The highest BCUT2D eigenvalue weighted by Crippen LogP contribution is 2.24. The summed E-state index contributed by atoms with van der Waals surface area (Å²) in [5.74, 6) is -0.220.